The summed E-state index contributed by atoms with van der Waals surface area (Å²) in [4.78, 5) is 0. The minimum atomic E-state index is -0.482. The van der Waals surface area contributed by atoms with Crippen LogP contribution in [-0.4, -0.2) is 18.5 Å². The Morgan fingerprint density at radius 2 is 1.64 bits per heavy atom. The topological polar surface area (TPSA) is 27.7 Å². The number of benzene rings is 2. The molecule has 3 nitrogen and oxygen atoms in total. The van der Waals surface area contributed by atoms with Crippen LogP contribution in [0.2, 0.25) is 0 Å². The zero-order valence-corrected chi connectivity index (χ0v) is 14.9. The number of rotatable bonds is 6. The van der Waals surface area contributed by atoms with Gasteiger partial charge in [0.15, 0.2) is 0 Å². The highest BCUT2D eigenvalue weighted by molar-refractivity contribution is 5.23. The van der Waals surface area contributed by atoms with E-state index < -0.39 is 6.29 Å². The Morgan fingerprint density at radius 3 is 2.28 bits per heavy atom. The summed E-state index contributed by atoms with van der Waals surface area (Å²) in [6.45, 7) is 9.08. The number of ether oxygens (including phenoxy) is 3. The summed E-state index contributed by atoms with van der Waals surface area (Å²) in [5.74, 6) is 1.01. The predicted octanol–water partition coefficient (Wildman–Crippen LogP) is 4.98. The number of hydrogen-bond donors (Lipinski definition) is 0. The fourth-order valence-corrected chi connectivity index (χ4v) is 3.25. The highest BCUT2D eigenvalue weighted by atomic mass is 16.7. The average Bonchev–Trinajstić information content (AvgIpc) is 2.65. The highest BCUT2D eigenvalue weighted by Crippen LogP contribution is 2.34. The monoisotopic (exact) mass is 338 g/mol. The molecule has 1 saturated heterocycles. The first-order valence-electron chi connectivity index (χ1n) is 8.90. The van der Waals surface area contributed by atoms with E-state index in [2.05, 4.69) is 32.6 Å². The van der Waals surface area contributed by atoms with Crippen LogP contribution in [-0.2, 0) is 16.1 Å². The third kappa shape index (κ3) is 4.30. The zero-order valence-electron chi connectivity index (χ0n) is 14.9. The Hall–Kier alpha value is -2.10. The quantitative estimate of drug-likeness (QED) is 0.695. The van der Waals surface area contributed by atoms with Crippen LogP contribution < -0.4 is 4.74 Å². The minimum Gasteiger partial charge on any atom is -0.461 e. The SMILES string of the molecule is C=C1C(Oc2ccccc2)O[C@H](CC)[C@H](C)[C@@H]1OCc1ccccc1. The van der Waals surface area contributed by atoms with Crippen LogP contribution in [0.4, 0.5) is 0 Å². The van der Waals surface area contributed by atoms with Crippen molar-refractivity contribution in [2.24, 2.45) is 5.92 Å². The second kappa shape index (κ2) is 8.32. The Balaban J connectivity index is 1.72. The molecule has 0 N–H and O–H groups in total. The van der Waals surface area contributed by atoms with Crippen molar-refractivity contribution in [3.63, 3.8) is 0 Å². The predicted molar refractivity (Wildman–Crippen MR) is 99.3 cm³/mol. The molecule has 1 unspecified atom stereocenters. The van der Waals surface area contributed by atoms with Crippen molar-refractivity contribution in [2.45, 2.75) is 45.4 Å². The molecule has 0 spiro atoms. The van der Waals surface area contributed by atoms with E-state index in [1.165, 1.54) is 0 Å². The lowest BCUT2D eigenvalue weighted by molar-refractivity contribution is -0.174. The summed E-state index contributed by atoms with van der Waals surface area (Å²) in [5, 5.41) is 0. The molecule has 1 fully saturated rings. The van der Waals surface area contributed by atoms with E-state index in [0.717, 1.165) is 23.3 Å². The van der Waals surface area contributed by atoms with Gasteiger partial charge in [0.25, 0.3) is 0 Å². The van der Waals surface area contributed by atoms with Crippen LogP contribution in [0.15, 0.2) is 72.8 Å². The molecule has 1 aliphatic rings. The maximum atomic E-state index is 6.23. The van der Waals surface area contributed by atoms with Gasteiger partial charge < -0.3 is 14.2 Å². The van der Waals surface area contributed by atoms with Gasteiger partial charge in [0.05, 0.1) is 18.8 Å². The Morgan fingerprint density at radius 1 is 1.00 bits per heavy atom. The molecule has 4 atom stereocenters. The fourth-order valence-electron chi connectivity index (χ4n) is 3.25. The van der Waals surface area contributed by atoms with Crippen molar-refractivity contribution in [3.8, 4) is 5.75 Å². The molecule has 2 aromatic carbocycles. The van der Waals surface area contributed by atoms with Gasteiger partial charge in [-0.3, -0.25) is 0 Å². The molecule has 132 valence electrons. The van der Waals surface area contributed by atoms with Gasteiger partial charge in [-0.25, -0.2) is 0 Å². The van der Waals surface area contributed by atoms with Crippen molar-refractivity contribution in [2.75, 3.05) is 0 Å². The van der Waals surface area contributed by atoms with Crippen molar-refractivity contribution < 1.29 is 14.2 Å². The first-order valence-corrected chi connectivity index (χ1v) is 8.90. The summed E-state index contributed by atoms with van der Waals surface area (Å²) < 4.78 is 18.4. The minimum absolute atomic E-state index is 0.0833. The molecule has 0 amide bonds. The van der Waals surface area contributed by atoms with Crippen LogP contribution in [0, 0.1) is 5.92 Å². The van der Waals surface area contributed by atoms with Crippen molar-refractivity contribution in [1.29, 1.82) is 0 Å². The Bertz CT molecular complexity index is 668. The van der Waals surface area contributed by atoms with Gasteiger partial charge in [-0.2, -0.15) is 0 Å². The maximum Gasteiger partial charge on any atom is 0.225 e. The molecule has 3 heteroatoms. The van der Waals surface area contributed by atoms with E-state index in [-0.39, 0.29) is 18.1 Å². The normalized spacial score (nSPS) is 26.4. The molecule has 25 heavy (non-hydrogen) atoms. The fraction of sp³-hybridized carbons (Fsp3) is 0.364. The molecule has 1 aliphatic heterocycles. The lowest BCUT2D eigenvalue weighted by atomic mass is 9.88. The second-order valence-electron chi connectivity index (χ2n) is 6.50. The summed E-state index contributed by atoms with van der Waals surface area (Å²) in [6, 6.07) is 19.9. The van der Waals surface area contributed by atoms with E-state index in [9.17, 15) is 0 Å². The van der Waals surface area contributed by atoms with Gasteiger partial charge in [-0.05, 0) is 24.1 Å². The molecule has 1 heterocycles. The molecule has 0 radical (unpaired) electrons. The molecule has 0 saturated carbocycles. The summed E-state index contributed by atoms with van der Waals surface area (Å²) in [7, 11) is 0. The molecular weight excluding hydrogens is 312 g/mol. The van der Waals surface area contributed by atoms with Crippen LogP contribution >= 0.6 is 0 Å². The van der Waals surface area contributed by atoms with E-state index in [1.807, 2.05) is 48.5 Å². The zero-order chi connectivity index (χ0) is 17.6. The van der Waals surface area contributed by atoms with Crippen molar-refractivity contribution >= 4 is 0 Å². The molecule has 0 aliphatic carbocycles. The third-order valence-electron chi connectivity index (χ3n) is 4.69. The van der Waals surface area contributed by atoms with Crippen LogP contribution in [0.1, 0.15) is 25.8 Å². The van der Waals surface area contributed by atoms with Gasteiger partial charge in [0.1, 0.15) is 5.75 Å². The highest BCUT2D eigenvalue weighted by Gasteiger charge is 2.40. The van der Waals surface area contributed by atoms with Crippen molar-refractivity contribution in [1.82, 2.24) is 0 Å². The van der Waals surface area contributed by atoms with E-state index in [1.54, 1.807) is 0 Å². The largest absolute Gasteiger partial charge is 0.461 e. The second-order valence-corrected chi connectivity index (χ2v) is 6.50. The van der Waals surface area contributed by atoms with E-state index in [4.69, 9.17) is 14.2 Å². The van der Waals surface area contributed by atoms with Crippen LogP contribution in [0.5, 0.6) is 5.75 Å². The maximum absolute atomic E-state index is 6.23. The van der Waals surface area contributed by atoms with Gasteiger partial charge in [0, 0.05) is 11.5 Å². The smallest absolute Gasteiger partial charge is 0.225 e. The summed E-state index contributed by atoms with van der Waals surface area (Å²) in [6.07, 6.45) is 0.422. The van der Waals surface area contributed by atoms with Gasteiger partial charge in [-0.15, -0.1) is 0 Å². The lowest BCUT2D eigenvalue weighted by Gasteiger charge is -2.41. The van der Waals surface area contributed by atoms with Crippen LogP contribution in [0.3, 0.4) is 0 Å². The molecule has 0 bridgehead atoms. The molecule has 3 rings (SSSR count). The standard InChI is InChI=1S/C22H26O3/c1-4-20-16(2)21(23-15-18-11-7-5-8-12-18)17(3)22(25-20)24-19-13-9-6-10-14-19/h5-14,16,20-22H,3-4,15H2,1-2H3/t16-,20+,21-,22?/m0/s1. The van der Waals surface area contributed by atoms with Crippen LogP contribution in [0.25, 0.3) is 0 Å². The van der Waals surface area contributed by atoms with Gasteiger partial charge in [0.2, 0.25) is 6.29 Å². The third-order valence-corrected chi connectivity index (χ3v) is 4.69. The summed E-state index contributed by atoms with van der Waals surface area (Å²) in [5.41, 5.74) is 2.00. The first-order chi connectivity index (χ1) is 12.2. The molecule has 0 aromatic heterocycles. The molecular formula is C22H26O3. The Labute approximate surface area is 150 Å². The van der Waals surface area contributed by atoms with E-state index in [0.29, 0.717) is 6.61 Å². The number of hydrogen-bond acceptors (Lipinski definition) is 3. The van der Waals surface area contributed by atoms with E-state index >= 15 is 0 Å². The first kappa shape index (κ1) is 17.7. The lowest BCUT2D eigenvalue weighted by Crippen LogP contribution is -2.47. The van der Waals surface area contributed by atoms with Crippen molar-refractivity contribution in [3.05, 3.63) is 78.4 Å². The van der Waals surface area contributed by atoms with Gasteiger partial charge >= 0.3 is 0 Å². The Kier molecular flexibility index (Phi) is 5.90. The summed E-state index contributed by atoms with van der Waals surface area (Å²) >= 11 is 0. The molecule has 2 aromatic rings. The number of para-hydroxylation sites is 1. The average molecular weight is 338 g/mol. The van der Waals surface area contributed by atoms with Gasteiger partial charge in [-0.1, -0.05) is 69.0 Å².